The zero-order valence-corrected chi connectivity index (χ0v) is 12.0. The van der Waals surface area contributed by atoms with E-state index >= 15 is 0 Å². The molecule has 1 aromatic rings. The summed E-state index contributed by atoms with van der Waals surface area (Å²) in [6.45, 7) is 4.10. The van der Waals surface area contributed by atoms with Gasteiger partial charge in [0.1, 0.15) is 0 Å². The largest absolute Gasteiger partial charge is 0.383 e. The van der Waals surface area contributed by atoms with Gasteiger partial charge in [0.05, 0.1) is 0 Å². The van der Waals surface area contributed by atoms with Crippen LogP contribution in [0.15, 0.2) is 18.2 Å². The molecule has 1 atom stereocenters. The minimum absolute atomic E-state index is 0.0436. The number of hydrogen-bond donors (Lipinski definition) is 2. The van der Waals surface area contributed by atoms with Crippen LogP contribution in [0.4, 0.5) is 5.69 Å². The number of nitrogens with one attached hydrogen (secondary N) is 2. The first-order valence-corrected chi connectivity index (χ1v) is 6.87. The van der Waals surface area contributed by atoms with Gasteiger partial charge < -0.3 is 15.5 Å². The van der Waals surface area contributed by atoms with Crippen LogP contribution in [0.3, 0.4) is 0 Å². The Bertz CT molecular complexity index is 451. The SMILES string of the molecule is Cc1ccc(C(=O)N(C)C)cc1NCC1CCCN1. The molecule has 0 aromatic heterocycles. The van der Waals surface area contributed by atoms with E-state index in [9.17, 15) is 4.79 Å². The molecule has 1 saturated heterocycles. The van der Waals surface area contributed by atoms with E-state index in [1.807, 2.05) is 18.2 Å². The lowest BCUT2D eigenvalue weighted by Gasteiger charge is -2.16. The molecule has 1 fully saturated rings. The predicted molar refractivity (Wildman–Crippen MR) is 78.7 cm³/mol. The van der Waals surface area contributed by atoms with Crippen molar-refractivity contribution in [2.24, 2.45) is 0 Å². The highest BCUT2D eigenvalue weighted by Gasteiger charge is 2.14. The number of amides is 1. The van der Waals surface area contributed by atoms with Gasteiger partial charge in [0, 0.05) is 37.9 Å². The highest BCUT2D eigenvalue weighted by molar-refractivity contribution is 5.95. The van der Waals surface area contributed by atoms with E-state index in [0.717, 1.165) is 24.3 Å². The Hall–Kier alpha value is -1.55. The van der Waals surface area contributed by atoms with Crippen LogP contribution in [-0.4, -0.2) is 44.0 Å². The van der Waals surface area contributed by atoms with Crippen molar-refractivity contribution in [2.45, 2.75) is 25.8 Å². The molecule has 19 heavy (non-hydrogen) atoms. The number of benzene rings is 1. The third kappa shape index (κ3) is 3.47. The van der Waals surface area contributed by atoms with Gasteiger partial charge in [-0.3, -0.25) is 4.79 Å². The van der Waals surface area contributed by atoms with Gasteiger partial charge in [-0.15, -0.1) is 0 Å². The number of hydrogen-bond acceptors (Lipinski definition) is 3. The van der Waals surface area contributed by atoms with E-state index in [0.29, 0.717) is 6.04 Å². The maximum Gasteiger partial charge on any atom is 0.253 e. The maximum atomic E-state index is 12.0. The molecule has 0 spiro atoms. The topological polar surface area (TPSA) is 44.4 Å². The molecule has 1 amide bonds. The first-order chi connectivity index (χ1) is 9.08. The lowest BCUT2D eigenvalue weighted by atomic mass is 10.1. The van der Waals surface area contributed by atoms with Crippen LogP contribution < -0.4 is 10.6 Å². The Morgan fingerprint density at radius 3 is 2.89 bits per heavy atom. The summed E-state index contributed by atoms with van der Waals surface area (Å²) in [5, 5.41) is 6.92. The molecule has 2 N–H and O–H groups in total. The van der Waals surface area contributed by atoms with Crippen LogP contribution in [0.2, 0.25) is 0 Å². The number of aryl methyl sites for hydroxylation is 1. The zero-order valence-electron chi connectivity index (χ0n) is 12.0. The molecule has 0 aliphatic carbocycles. The second-order valence-electron chi connectivity index (χ2n) is 5.40. The number of rotatable bonds is 4. The standard InChI is InChI=1S/C15H23N3O/c1-11-6-7-12(15(19)18(2)3)9-14(11)17-10-13-5-4-8-16-13/h6-7,9,13,16-17H,4-5,8,10H2,1-3H3. The molecule has 2 rings (SSSR count). The molecule has 4 heteroatoms. The average molecular weight is 261 g/mol. The molecule has 1 aliphatic rings. The molecule has 0 saturated carbocycles. The van der Waals surface area contributed by atoms with Crippen molar-refractivity contribution in [2.75, 3.05) is 32.5 Å². The Morgan fingerprint density at radius 2 is 2.26 bits per heavy atom. The van der Waals surface area contributed by atoms with E-state index < -0.39 is 0 Å². The van der Waals surface area contributed by atoms with Crippen molar-refractivity contribution >= 4 is 11.6 Å². The van der Waals surface area contributed by atoms with Crippen LogP contribution in [-0.2, 0) is 0 Å². The van der Waals surface area contributed by atoms with Crippen LogP contribution >= 0.6 is 0 Å². The van der Waals surface area contributed by atoms with Gasteiger partial charge in [-0.1, -0.05) is 6.07 Å². The Balaban J connectivity index is 2.06. The van der Waals surface area contributed by atoms with Crippen LogP contribution in [0.1, 0.15) is 28.8 Å². The smallest absolute Gasteiger partial charge is 0.253 e. The summed E-state index contributed by atoms with van der Waals surface area (Å²) in [5.41, 5.74) is 2.96. The number of carbonyl (C=O) groups is 1. The number of carbonyl (C=O) groups excluding carboxylic acids is 1. The molecule has 104 valence electrons. The summed E-state index contributed by atoms with van der Waals surface area (Å²) in [7, 11) is 3.55. The van der Waals surface area contributed by atoms with Gasteiger partial charge in [0.25, 0.3) is 5.91 Å². The normalized spacial score (nSPS) is 18.4. The molecule has 1 unspecified atom stereocenters. The van der Waals surface area contributed by atoms with E-state index in [1.165, 1.54) is 18.4 Å². The van der Waals surface area contributed by atoms with Gasteiger partial charge in [0.2, 0.25) is 0 Å². The summed E-state index contributed by atoms with van der Waals surface area (Å²) < 4.78 is 0. The molecular weight excluding hydrogens is 238 g/mol. The van der Waals surface area contributed by atoms with Crippen LogP contribution in [0.5, 0.6) is 0 Å². The second-order valence-corrected chi connectivity index (χ2v) is 5.40. The van der Waals surface area contributed by atoms with Crippen molar-refractivity contribution in [3.63, 3.8) is 0 Å². The van der Waals surface area contributed by atoms with E-state index in [1.54, 1.807) is 19.0 Å². The van der Waals surface area contributed by atoms with Gasteiger partial charge in [-0.25, -0.2) is 0 Å². The highest BCUT2D eigenvalue weighted by Crippen LogP contribution is 2.18. The van der Waals surface area contributed by atoms with E-state index in [2.05, 4.69) is 17.6 Å². The summed E-state index contributed by atoms with van der Waals surface area (Å²) in [6, 6.07) is 6.39. The third-order valence-electron chi connectivity index (χ3n) is 3.59. The van der Waals surface area contributed by atoms with Gasteiger partial charge in [-0.2, -0.15) is 0 Å². The monoisotopic (exact) mass is 261 g/mol. The Morgan fingerprint density at radius 1 is 1.47 bits per heavy atom. The summed E-state index contributed by atoms with van der Waals surface area (Å²) in [4.78, 5) is 13.6. The van der Waals surface area contributed by atoms with E-state index in [4.69, 9.17) is 0 Å². The maximum absolute atomic E-state index is 12.0. The lowest BCUT2D eigenvalue weighted by Crippen LogP contribution is -2.29. The first-order valence-electron chi connectivity index (χ1n) is 6.87. The molecule has 1 aliphatic heterocycles. The average Bonchev–Trinajstić information content (AvgIpc) is 2.90. The Labute approximate surface area is 115 Å². The summed E-state index contributed by atoms with van der Waals surface area (Å²) in [5.74, 6) is 0.0436. The lowest BCUT2D eigenvalue weighted by molar-refractivity contribution is 0.0827. The molecule has 4 nitrogen and oxygen atoms in total. The van der Waals surface area contributed by atoms with Crippen LogP contribution in [0.25, 0.3) is 0 Å². The predicted octanol–water partition coefficient (Wildman–Crippen LogP) is 1.86. The highest BCUT2D eigenvalue weighted by atomic mass is 16.2. The fourth-order valence-electron chi connectivity index (χ4n) is 2.37. The molecule has 0 bridgehead atoms. The summed E-state index contributed by atoms with van der Waals surface area (Å²) in [6.07, 6.45) is 2.48. The fraction of sp³-hybridized carbons (Fsp3) is 0.533. The molecule has 1 heterocycles. The van der Waals surface area contributed by atoms with Crippen molar-refractivity contribution in [1.82, 2.24) is 10.2 Å². The van der Waals surface area contributed by atoms with Crippen LogP contribution in [0, 0.1) is 6.92 Å². The number of nitrogens with zero attached hydrogens (tertiary/aromatic N) is 1. The quantitative estimate of drug-likeness (QED) is 0.869. The first kappa shape index (κ1) is 13.9. The zero-order chi connectivity index (χ0) is 13.8. The van der Waals surface area contributed by atoms with Gasteiger partial charge in [-0.05, 0) is 44.0 Å². The second kappa shape index (κ2) is 6.06. The van der Waals surface area contributed by atoms with Gasteiger partial charge >= 0.3 is 0 Å². The van der Waals surface area contributed by atoms with Gasteiger partial charge in [0.15, 0.2) is 0 Å². The van der Waals surface area contributed by atoms with Crippen molar-refractivity contribution in [3.8, 4) is 0 Å². The third-order valence-corrected chi connectivity index (χ3v) is 3.59. The van der Waals surface area contributed by atoms with Crippen molar-refractivity contribution in [3.05, 3.63) is 29.3 Å². The molecule has 1 aromatic carbocycles. The van der Waals surface area contributed by atoms with E-state index in [-0.39, 0.29) is 5.91 Å². The number of anilines is 1. The molecule has 0 radical (unpaired) electrons. The van der Waals surface area contributed by atoms with Crippen molar-refractivity contribution in [1.29, 1.82) is 0 Å². The summed E-state index contributed by atoms with van der Waals surface area (Å²) >= 11 is 0. The molecular formula is C15H23N3O. The van der Waals surface area contributed by atoms with Crippen molar-refractivity contribution < 1.29 is 4.79 Å². The fourth-order valence-corrected chi connectivity index (χ4v) is 2.37. The Kier molecular flexibility index (Phi) is 4.43. The minimum Gasteiger partial charge on any atom is -0.383 e. The minimum atomic E-state index is 0.0436.